The first-order valence-electron chi connectivity index (χ1n) is 32.3. The third-order valence-electron chi connectivity index (χ3n) is 17.8. The maximum absolute atomic E-state index is 14.8. The third kappa shape index (κ3) is 11.2. The molecule has 0 amide bonds. The van der Waals surface area contributed by atoms with Gasteiger partial charge < -0.3 is 9.97 Å². The molecule has 0 atom stereocenters. The normalized spacial score (nSPS) is 12.0. The minimum Gasteiger partial charge on any atom is -0.324 e. The van der Waals surface area contributed by atoms with E-state index in [9.17, 15) is 19.2 Å². The van der Waals surface area contributed by atoms with Gasteiger partial charge in [0.15, 0.2) is 23.3 Å². The molecule has 24 nitrogen and oxygen atoms in total. The van der Waals surface area contributed by atoms with E-state index < -0.39 is 22.8 Å². The van der Waals surface area contributed by atoms with E-state index in [2.05, 4.69) is 9.97 Å². The van der Waals surface area contributed by atoms with Crippen molar-refractivity contribution in [2.24, 2.45) is 0 Å². The summed E-state index contributed by atoms with van der Waals surface area (Å²) in [6.45, 7) is 7.52. The molecule has 2 aliphatic rings. The van der Waals surface area contributed by atoms with Crippen LogP contribution in [-0.4, -0.2) is 97.3 Å². The van der Waals surface area contributed by atoms with Crippen LogP contribution >= 0.6 is 92.8 Å². The van der Waals surface area contributed by atoms with Crippen molar-refractivity contribution in [3.05, 3.63) is 251 Å². The first kappa shape index (κ1) is 66.4. The van der Waals surface area contributed by atoms with E-state index in [1.807, 2.05) is 27.7 Å². The Morgan fingerprint density at radius 3 is 0.779 bits per heavy atom. The molecule has 0 saturated heterocycles. The van der Waals surface area contributed by atoms with Gasteiger partial charge in [0.1, 0.15) is 45.9 Å². The number of H-pyrrole nitrogens is 2. The van der Waals surface area contributed by atoms with Crippen molar-refractivity contribution in [3.63, 3.8) is 0 Å². The number of nitrogens with one attached hydrogen (secondary N) is 2. The lowest BCUT2D eigenvalue weighted by molar-refractivity contribution is 0.819. The lowest BCUT2D eigenvalue weighted by atomic mass is 10.1. The number of aromatic amines is 2. The van der Waals surface area contributed by atoms with E-state index in [1.54, 1.807) is 146 Å². The number of fused-ring (bicyclic) bond motifs is 20. The fourth-order valence-corrected chi connectivity index (χ4v) is 15.3. The average molecular weight is 1540 g/mol. The highest BCUT2D eigenvalue weighted by atomic mass is 35.5. The molecule has 2 aliphatic heterocycles. The second-order valence-corrected chi connectivity index (χ2v) is 27.7. The van der Waals surface area contributed by atoms with Gasteiger partial charge in [-0.05, 0) is 146 Å². The minimum atomic E-state index is -0.504. The van der Waals surface area contributed by atoms with Crippen LogP contribution in [0, 0.1) is 0 Å². The largest absolute Gasteiger partial charge is 0.355 e. The predicted octanol–water partition coefficient (Wildman–Crippen LogP) is 15.7. The Kier molecular flexibility index (Phi) is 16.3. The highest BCUT2D eigenvalue weighted by Gasteiger charge is 2.28. The molecule has 0 fully saturated rings. The Morgan fingerprint density at radius 1 is 0.269 bits per heavy atom. The molecule has 104 heavy (non-hydrogen) atoms. The fraction of sp³-hybridized carbons (Fsp3) is 0.111. The van der Waals surface area contributed by atoms with Gasteiger partial charge in [0.2, 0.25) is 0 Å². The van der Waals surface area contributed by atoms with Crippen molar-refractivity contribution >= 4 is 137 Å². The van der Waals surface area contributed by atoms with E-state index >= 15 is 0 Å². The van der Waals surface area contributed by atoms with Gasteiger partial charge in [-0.3, -0.25) is 0 Å². The maximum atomic E-state index is 14.8. The van der Waals surface area contributed by atoms with Gasteiger partial charge in [-0.25, -0.2) is 67.4 Å². The van der Waals surface area contributed by atoms with E-state index in [0.717, 1.165) is 0 Å². The first-order valence-corrected chi connectivity index (χ1v) is 35.3. The SMILES string of the molecule is CCc1nn(-c2ccc3c(c2)-c2nc-3nc3[nH]c(nc4nc(nc5[nH]c(n2)c2ccc(-n6nc(CC)n(-c7cc(Cl)cc(Cl)c7)c6=O)cc52)-c2ccc(-n5nc(CC)n(-c6cc(Cl)cc(Cl)c6)c5=O)cc2-4)c2ccc(-n4nc(CC)n(-c5cc(Cl)cc(Cl)c5)c4=O)cc32)c(=O)n1-c1cc(Cl)cc(Cl)c1. The Bertz CT molecular complexity index is 6210. The number of halogens is 8. The number of benzene rings is 8. The predicted molar refractivity (Wildman–Crippen MR) is 405 cm³/mol. The lowest BCUT2D eigenvalue weighted by Gasteiger charge is -2.06. The molecule has 15 aromatic rings. The Morgan fingerprint density at radius 2 is 0.510 bits per heavy atom. The molecule has 8 bridgehead atoms. The van der Waals surface area contributed by atoms with Crippen LogP contribution in [0.1, 0.15) is 51.0 Å². The molecule has 514 valence electrons. The van der Waals surface area contributed by atoms with E-state index in [1.165, 1.54) is 37.0 Å². The summed E-state index contributed by atoms with van der Waals surface area (Å²) in [6, 6.07) is 40.5. The fourth-order valence-electron chi connectivity index (χ4n) is 13.2. The summed E-state index contributed by atoms with van der Waals surface area (Å²) in [7, 11) is 0. The molecule has 0 unspecified atom stereocenters. The Balaban J connectivity index is 0.941. The van der Waals surface area contributed by atoms with Crippen molar-refractivity contribution in [2.75, 3.05) is 0 Å². The molecule has 0 radical (unpaired) electrons. The molecule has 0 spiro atoms. The second kappa shape index (κ2) is 25.6. The molecular formula is C72H46Cl8N20O4. The smallest absolute Gasteiger partial charge is 0.324 e. The standard InChI is InChI=1S/C72H46Cl8N20O4/c1-5-57-89-97(69(101)93(57)45-21-33(73)17-34(74)22-45)41-9-13-49-53(29-41)65-81-61(49)86-66-55-31-43(99-71(103)95(59(7-3)91-99)47-25-37(77)19-38(78)26-47)11-15-51(55)63(83-66)88-68-56-32-44(100-72(104)96(60(8-4)92-100)48-27-39(79)20-40(80)28-48)12-16-52(56)64(84-68)87-67-54-30-42(10-14-50(54)62(82-67)85-65)98-70(102)94(58(6-2)90-98)46-23-35(75)18-36(76)24-46/h9-32H,5-8H2,1-4H3,(H2,81,82,83,84,85,86,87,88). The zero-order valence-corrected chi connectivity index (χ0v) is 60.4. The highest BCUT2D eigenvalue weighted by Crippen LogP contribution is 2.40. The quantitative estimate of drug-likeness (QED) is 0.115. The van der Waals surface area contributed by atoms with Crippen molar-refractivity contribution in [1.29, 1.82) is 0 Å². The molecule has 9 heterocycles. The van der Waals surface area contributed by atoms with Gasteiger partial charge in [0, 0.05) is 110 Å². The van der Waals surface area contributed by atoms with Crippen LogP contribution in [0.2, 0.25) is 40.2 Å². The van der Waals surface area contributed by atoms with Gasteiger partial charge in [-0.1, -0.05) is 121 Å². The second-order valence-electron chi connectivity index (χ2n) is 24.2. The van der Waals surface area contributed by atoms with Gasteiger partial charge >= 0.3 is 22.8 Å². The average Bonchev–Trinajstić information content (AvgIpc) is 1.58. The summed E-state index contributed by atoms with van der Waals surface area (Å²) in [5, 5.41) is 23.9. The topological polar surface area (TPSA) is 268 Å². The van der Waals surface area contributed by atoms with Crippen molar-refractivity contribution in [3.8, 4) is 91.1 Å². The number of aryl methyl sites for hydroxylation is 4. The van der Waals surface area contributed by atoms with Crippen LogP contribution in [0.25, 0.3) is 135 Å². The van der Waals surface area contributed by atoms with Crippen molar-refractivity contribution in [2.45, 2.75) is 53.4 Å². The molecule has 8 aromatic carbocycles. The highest BCUT2D eigenvalue weighted by molar-refractivity contribution is 6.36. The van der Waals surface area contributed by atoms with Crippen LogP contribution in [0.5, 0.6) is 0 Å². The number of hydrogen-bond donors (Lipinski definition) is 2. The van der Waals surface area contributed by atoms with Gasteiger partial charge in [0.05, 0.1) is 45.5 Å². The minimum absolute atomic E-state index is 0.153. The number of nitrogens with zero attached hydrogens (tertiary/aromatic N) is 18. The van der Waals surface area contributed by atoms with Gasteiger partial charge in [-0.2, -0.15) is 18.7 Å². The van der Waals surface area contributed by atoms with Crippen LogP contribution in [0.3, 0.4) is 0 Å². The maximum Gasteiger partial charge on any atom is 0.355 e. The van der Waals surface area contributed by atoms with E-state index in [4.69, 9.17) is 143 Å². The Hall–Kier alpha value is -10.8. The molecule has 0 saturated carbocycles. The third-order valence-corrected chi connectivity index (χ3v) is 19.6. The van der Waals surface area contributed by atoms with Crippen LogP contribution < -0.4 is 22.8 Å². The van der Waals surface area contributed by atoms with Crippen molar-refractivity contribution < 1.29 is 0 Å². The molecule has 17 rings (SSSR count). The van der Waals surface area contributed by atoms with Gasteiger partial charge in [0.25, 0.3) is 0 Å². The molecule has 32 heteroatoms. The number of hydrogen-bond acceptors (Lipinski definition) is 14. The number of aromatic nitrogens is 20. The summed E-state index contributed by atoms with van der Waals surface area (Å²) < 4.78 is 11.0. The monoisotopic (exact) mass is 1530 g/mol. The van der Waals surface area contributed by atoms with Crippen LogP contribution in [0.15, 0.2) is 165 Å². The summed E-state index contributed by atoms with van der Waals surface area (Å²) >= 11 is 52.0. The molecule has 7 aromatic heterocycles. The Labute approximate surface area is 625 Å². The number of rotatable bonds is 12. The van der Waals surface area contributed by atoms with Crippen molar-refractivity contribution in [1.82, 2.24) is 97.3 Å². The van der Waals surface area contributed by atoms with Crippen LogP contribution in [-0.2, 0) is 25.7 Å². The summed E-state index contributed by atoms with van der Waals surface area (Å²) in [5.41, 5.74) is 4.01. The van der Waals surface area contributed by atoms with Crippen LogP contribution in [0.4, 0.5) is 0 Å². The summed E-state index contributed by atoms with van der Waals surface area (Å²) in [6.07, 6.45) is 1.44. The molecule has 0 aliphatic carbocycles. The molecular weight excluding hydrogens is 1490 g/mol. The summed E-state index contributed by atoms with van der Waals surface area (Å²) in [5.74, 6) is 2.37. The zero-order valence-electron chi connectivity index (χ0n) is 54.4. The lowest BCUT2D eigenvalue weighted by Crippen LogP contribution is -2.23. The van der Waals surface area contributed by atoms with E-state index in [0.29, 0.717) is 178 Å². The summed E-state index contributed by atoms with van der Waals surface area (Å²) in [4.78, 5) is 97.8. The van der Waals surface area contributed by atoms with E-state index in [-0.39, 0.29) is 45.9 Å². The molecule has 2 N–H and O–H groups in total. The van der Waals surface area contributed by atoms with Gasteiger partial charge in [-0.15, -0.1) is 20.4 Å². The zero-order chi connectivity index (χ0) is 72.0. The first-order chi connectivity index (χ1) is 50.2.